The monoisotopic (exact) mass is 296 g/mol. The average Bonchev–Trinajstić information content (AvgIpc) is 2.50. The largest absolute Gasteiger partial charge is 0 e. The Balaban J connectivity index is -0.000000325. The molecule has 0 aliphatic heterocycles. The van der Waals surface area contributed by atoms with E-state index in [9.17, 15) is 10.2 Å². The van der Waals surface area contributed by atoms with Crippen molar-refractivity contribution in [3.05, 3.63) is 81.1 Å². The van der Waals surface area contributed by atoms with E-state index in [2.05, 4.69) is 20.0 Å². The van der Waals surface area contributed by atoms with Gasteiger partial charge in [0.25, 0.3) is 0 Å². The van der Waals surface area contributed by atoms with Gasteiger partial charge in [-0.3, -0.25) is 0 Å². The van der Waals surface area contributed by atoms with Gasteiger partial charge in [-0.25, -0.2) is 0 Å². The predicted octanol–water partition coefficient (Wildman–Crippen LogP) is 1.75. The Labute approximate surface area is 123 Å². The minimum absolute atomic E-state index is 0. The van der Waals surface area contributed by atoms with Crippen LogP contribution in [0, 0.1) is 57.5 Å². The van der Waals surface area contributed by atoms with E-state index in [1.165, 1.54) is 12.2 Å². The maximum absolute atomic E-state index is 9.38. The summed E-state index contributed by atoms with van der Waals surface area (Å²) in [5.41, 5.74) is 0. The van der Waals surface area contributed by atoms with E-state index in [-0.39, 0.29) is 28.9 Å². The van der Waals surface area contributed by atoms with Gasteiger partial charge < -0.3 is 10.2 Å². The Bertz CT molecular complexity index is 314. The molecule has 6 heteroatoms. The van der Waals surface area contributed by atoms with E-state index in [0.717, 1.165) is 0 Å². The number of rotatable bonds is 0. The van der Waals surface area contributed by atoms with E-state index >= 15 is 0 Å². The first-order chi connectivity index (χ1) is 8.79. The van der Waals surface area contributed by atoms with Gasteiger partial charge in [-0.2, -0.15) is 0 Å². The Hall–Kier alpha value is -1.17. The first kappa shape index (κ1) is 23.0. The summed E-state index contributed by atoms with van der Waals surface area (Å²) in [5.74, 6) is 1.75. The fraction of sp³-hybridized carbons (Fsp3) is 0. The number of allylic oxidation sites excluding steroid dienone is 4. The summed E-state index contributed by atoms with van der Waals surface area (Å²) in [6.07, 6.45) is 10.1. The molecule has 0 amide bonds. The van der Waals surface area contributed by atoms with Crippen molar-refractivity contribution >= 4 is 0 Å². The van der Waals surface area contributed by atoms with Gasteiger partial charge in [-0.1, -0.05) is 0 Å². The minimum atomic E-state index is 0. The molecule has 0 aromatic carbocycles. The third-order valence-electron chi connectivity index (χ3n) is 1.88. The summed E-state index contributed by atoms with van der Waals surface area (Å²) >= 11 is 0. The molecule has 1 saturated carbocycles. The van der Waals surface area contributed by atoms with Crippen molar-refractivity contribution in [1.82, 2.24) is 0 Å². The summed E-state index contributed by atoms with van der Waals surface area (Å²) in [5, 5.41) is 18.8. The van der Waals surface area contributed by atoms with Gasteiger partial charge in [0.05, 0.1) is 11.8 Å². The summed E-state index contributed by atoms with van der Waals surface area (Å²) in [6, 6.07) is 0. The van der Waals surface area contributed by atoms with Crippen LogP contribution in [0.5, 0.6) is 0 Å². The van der Waals surface area contributed by atoms with Crippen LogP contribution in [0.15, 0.2) is 23.7 Å². The maximum Gasteiger partial charge on any atom is 0 e. The molecule has 96 valence electrons. The number of fused-ring (bicyclic) bond motifs is 1. The molecule has 19 heavy (non-hydrogen) atoms. The Morgan fingerprint density at radius 3 is 1.21 bits per heavy atom. The normalized spacial score (nSPS) is 16.7. The zero-order chi connectivity index (χ0) is 14.6. The molecule has 0 bridgehead atoms. The van der Waals surface area contributed by atoms with Gasteiger partial charge in [0.1, 0.15) is 11.5 Å². The fourth-order valence-corrected chi connectivity index (χ4v) is 1.27. The molecule has 2 rings (SSSR count). The van der Waals surface area contributed by atoms with Crippen LogP contribution in [0.1, 0.15) is 0 Å². The number of aliphatic hydroxyl groups excluding tert-OH is 2. The van der Waals surface area contributed by atoms with Gasteiger partial charge in [0.2, 0.25) is 0 Å². The molecule has 2 aliphatic carbocycles. The van der Waals surface area contributed by atoms with E-state index < -0.39 is 0 Å². The first-order valence-electron chi connectivity index (χ1n) is 4.30. The molecule has 6 radical (unpaired) electrons. The van der Waals surface area contributed by atoms with Crippen molar-refractivity contribution < 1.29 is 41.5 Å². The Kier molecular flexibility index (Phi) is 18.0. The minimum Gasteiger partial charge on any atom is 0 e. The van der Waals surface area contributed by atoms with Crippen LogP contribution in [0.25, 0.3) is 0 Å². The second-order valence-corrected chi connectivity index (χ2v) is 2.65. The van der Waals surface area contributed by atoms with E-state index in [1.807, 2.05) is 12.8 Å². The predicted molar refractivity (Wildman–Crippen MR) is 56.9 cm³/mol. The van der Waals surface area contributed by atoms with Crippen LogP contribution in [0.4, 0.5) is 0 Å². The number of hydrogen-bond donors (Lipinski definition) is 2. The van der Waals surface area contributed by atoms with Crippen molar-refractivity contribution in [3.8, 4) is 0 Å². The summed E-state index contributed by atoms with van der Waals surface area (Å²) in [7, 11) is 0. The second-order valence-electron chi connectivity index (χ2n) is 2.65. The van der Waals surface area contributed by atoms with Gasteiger partial charge in [0, 0.05) is 17.4 Å². The van der Waals surface area contributed by atoms with Crippen LogP contribution < -0.4 is 0 Å². The molecule has 5 nitrogen and oxygen atoms in total. The average molecular weight is 296 g/mol. The van der Waals surface area contributed by atoms with Gasteiger partial charge in [-0.05, 0) is 37.8 Å². The molecule has 0 aromatic rings. The third-order valence-corrected chi connectivity index (χ3v) is 1.88. The second kappa shape index (κ2) is 14.9. The quantitative estimate of drug-likeness (QED) is 0.525. The van der Waals surface area contributed by atoms with Crippen molar-refractivity contribution in [2.75, 3.05) is 0 Å². The summed E-state index contributed by atoms with van der Waals surface area (Å²) in [4.78, 5) is 0. The molecule has 0 spiro atoms. The van der Waals surface area contributed by atoms with Crippen LogP contribution in [0.2, 0.25) is 0 Å². The zero-order valence-electron chi connectivity index (χ0n) is 9.49. The third kappa shape index (κ3) is 7.10. The van der Waals surface area contributed by atoms with E-state index in [0.29, 0.717) is 11.8 Å². The topological polar surface area (TPSA) is 100 Å². The zero-order valence-corrected chi connectivity index (χ0v) is 10.8. The molecule has 2 aliphatic rings. The molecule has 0 heterocycles. The van der Waals surface area contributed by atoms with Gasteiger partial charge in [-0.15, -0.1) is 0 Å². The first-order valence-corrected chi connectivity index (χ1v) is 4.30. The Morgan fingerprint density at radius 2 is 0.947 bits per heavy atom. The fourth-order valence-electron chi connectivity index (χ4n) is 1.27. The summed E-state index contributed by atoms with van der Waals surface area (Å²) < 4.78 is 22.5. The van der Waals surface area contributed by atoms with E-state index in [4.69, 9.17) is 14.0 Å². The van der Waals surface area contributed by atoms with Crippen LogP contribution in [-0.4, -0.2) is 10.2 Å². The Morgan fingerprint density at radius 1 is 0.684 bits per heavy atom. The smallest absolute Gasteiger partial charge is 0 e. The van der Waals surface area contributed by atoms with Gasteiger partial charge >= 0.3 is 33.9 Å². The number of hydrogen-bond acceptors (Lipinski definition) is 2. The van der Waals surface area contributed by atoms with Crippen molar-refractivity contribution in [2.45, 2.75) is 0 Å². The SMILES string of the molecule is OC1=CC=C(O)[C]2[CH][CH][CH][CH][C]21.[C-]#[O+].[C-]#[O+].[C-]#[O+].[Cr]. The van der Waals surface area contributed by atoms with Crippen LogP contribution in [0.3, 0.4) is 0 Å². The van der Waals surface area contributed by atoms with Crippen LogP contribution >= 0.6 is 0 Å². The molecule has 2 N–H and O–H groups in total. The molecule has 0 aromatic heterocycles. The number of aliphatic hydroxyl groups is 2. The van der Waals surface area contributed by atoms with Crippen molar-refractivity contribution in [3.63, 3.8) is 0 Å². The molecule has 0 atom stereocenters. The standard InChI is InChI=1S/C10H8O2.3CO.Cr/c11-9-5-6-10(12)8-4-2-1-3-7(8)9;3*1-2;/h1-6,11-12H;;;;. The molecule has 0 unspecified atom stereocenters. The van der Waals surface area contributed by atoms with E-state index in [1.54, 1.807) is 12.8 Å². The molecule has 0 saturated heterocycles. The molecular weight excluding hydrogens is 288 g/mol. The molecule has 1 fully saturated rings. The maximum atomic E-state index is 9.38. The van der Waals surface area contributed by atoms with Crippen molar-refractivity contribution in [2.24, 2.45) is 0 Å². The summed E-state index contributed by atoms with van der Waals surface area (Å²) in [6.45, 7) is 13.5. The molecular formula is C13H8CrO5. The van der Waals surface area contributed by atoms with Gasteiger partial charge in [0.15, 0.2) is 0 Å². The van der Waals surface area contributed by atoms with Crippen molar-refractivity contribution in [1.29, 1.82) is 0 Å². The van der Waals surface area contributed by atoms with Crippen LogP contribution in [-0.2, 0) is 31.3 Å².